The van der Waals surface area contributed by atoms with Crippen molar-refractivity contribution in [2.75, 3.05) is 0 Å². The van der Waals surface area contributed by atoms with Gasteiger partial charge in [0.2, 0.25) is 0 Å². The predicted octanol–water partition coefficient (Wildman–Crippen LogP) is 10.4. The van der Waals surface area contributed by atoms with Gasteiger partial charge in [-0.05, 0) is 11.6 Å². The molecule has 0 amide bonds. The second kappa shape index (κ2) is 13.4. The Balaban J connectivity index is 1.29. The third-order valence-electron chi connectivity index (χ3n) is 8.10. The highest BCUT2D eigenvalue weighted by atomic mass is 35.5. The average Bonchev–Trinajstić information content (AvgIpc) is 3.19. The number of nitrogens with zero attached hydrogens (tertiary/aromatic N) is 6. The van der Waals surface area contributed by atoms with E-state index in [2.05, 4.69) is 0 Å². The summed E-state index contributed by atoms with van der Waals surface area (Å²) in [4.78, 5) is 29.5. The van der Waals surface area contributed by atoms with E-state index in [1.165, 1.54) is 0 Å². The van der Waals surface area contributed by atoms with Gasteiger partial charge in [0.1, 0.15) is 0 Å². The fourth-order valence-corrected chi connectivity index (χ4v) is 6.00. The van der Waals surface area contributed by atoms with Gasteiger partial charge in [-0.1, -0.05) is 169 Å². The summed E-state index contributed by atoms with van der Waals surface area (Å²) in [7, 11) is 0. The highest BCUT2D eigenvalue weighted by molar-refractivity contribution is 6.36. The third kappa shape index (κ3) is 6.21. The second-order valence-corrected chi connectivity index (χ2v) is 11.7. The maximum Gasteiger partial charge on any atom is 0.165 e. The lowest BCUT2D eigenvalue weighted by molar-refractivity contribution is 1.07. The van der Waals surface area contributed by atoms with Crippen LogP contribution >= 0.6 is 11.6 Å². The lowest BCUT2D eigenvalue weighted by Gasteiger charge is -2.15. The zero-order chi connectivity index (χ0) is 33.0. The molecule has 2 heterocycles. The van der Waals surface area contributed by atoms with E-state index in [-0.39, 0.29) is 0 Å². The highest BCUT2D eigenvalue weighted by Gasteiger charge is 2.20. The molecule has 0 aliphatic carbocycles. The van der Waals surface area contributed by atoms with Crippen LogP contribution in [0.1, 0.15) is 0 Å². The fraction of sp³-hybridized carbons (Fsp3) is 0. The molecule has 0 fully saturated rings. The van der Waals surface area contributed by atoms with Gasteiger partial charge in [0.25, 0.3) is 0 Å². The van der Waals surface area contributed by atoms with Crippen LogP contribution in [-0.2, 0) is 0 Å². The fourth-order valence-electron chi connectivity index (χ4n) is 5.68. The maximum absolute atomic E-state index is 7.33. The molecule has 49 heavy (non-hydrogen) atoms. The van der Waals surface area contributed by atoms with Gasteiger partial charge in [-0.15, -0.1) is 0 Å². The van der Waals surface area contributed by atoms with E-state index in [4.69, 9.17) is 41.5 Å². The Bertz CT molecular complexity index is 2270. The molecule has 0 bridgehead atoms. The van der Waals surface area contributed by atoms with Crippen LogP contribution < -0.4 is 0 Å². The van der Waals surface area contributed by atoms with E-state index in [9.17, 15) is 0 Å². The largest absolute Gasteiger partial charge is 0.208 e. The predicted molar refractivity (Wildman–Crippen MR) is 196 cm³/mol. The standard InChI is InChI=1S/C42H27ClN6/c43-36-33(26-15-27-35(36)42-48-39(30-20-9-3-10-21-30)45-40(49-42)31-22-11-4-12-23-31)32-24-13-14-25-34(32)41-46-37(28-16-5-1-6-17-28)44-38(47-41)29-18-7-2-8-19-29/h1-27H. The monoisotopic (exact) mass is 650 g/mol. The van der Waals surface area contributed by atoms with Crippen molar-refractivity contribution in [3.63, 3.8) is 0 Å². The summed E-state index contributed by atoms with van der Waals surface area (Å²) >= 11 is 7.33. The van der Waals surface area contributed by atoms with Crippen LogP contribution in [0.4, 0.5) is 0 Å². The number of halogens is 1. The Labute approximate surface area is 288 Å². The minimum absolute atomic E-state index is 0.481. The summed E-state index contributed by atoms with van der Waals surface area (Å²) < 4.78 is 0. The molecule has 6 nitrogen and oxygen atoms in total. The van der Waals surface area contributed by atoms with Crippen LogP contribution in [0.15, 0.2) is 164 Å². The Hall–Kier alpha value is -6.37. The number of aromatic nitrogens is 6. The van der Waals surface area contributed by atoms with Crippen molar-refractivity contribution in [2.45, 2.75) is 0 Å². The van der Waals surface area contributed by atoms with E-state index in [1.807, 2.05) is 164 Å². The first-order valence-electron chi connectivity index (χ1n) is 15.8. The molecule has 7 heteroatoms. The van der Waals surface area contributed by atoms with Gasteiger partial charge in [-0.2, -0.15) is 0 Å². The SMILES string of the molecule is Clc1c(-c2nc(-c3ccccc3)nc(-c3ccccc3)n2)cccc1-c1ccccc1-c1nc(-c2ccccc2)nc(-c2ccccc2)n1. The van der Waals surface area contributed by atoms with Crippen molar-refractivity contribution >= 4 is 11.6 Å². The van der Waals surface area contributed by atoms with Gasteiger partial charge in [0.05, 0.1) is 5.02 Å². The van der Waals surface area contributed by atoms with Crippen molar-refractivity contribution in [3.05, 3.63) is 169 Å². The van der Waals surface area contributed by atoms with Crippen LogP contribution in [0.2, 0.25) is 5.02 Å². The molecular weight excluding hydrogens is 624 g/mol. The summed E-state index contributed by atoms with van der Waals surface area (Å²) in [6.07, 6.45) is 0. The van der Waals surface area contributed by atoms with Crippen LogP contribution in [0.3, 0.4) is 0 Å². The summed E-state index contributed by atoms with van der Waals surface area (Å²) in [6.45, 7) is 0. The lowest BCUT2D eigenvalue weighted by atomic mass is 9.97. The Morgan fingerprint density at radius 3 is 0.939 bits per heavy atom. The second-order valence-electron chi connectivity index (χ2n) is 11.3. The molecule has 6 aromatic carbocycles. The van der Waals surface area contributed by atoms with Gasteiger partial charge in [-0.25, -0.2) is 29.9 Å². The summed E-state index contributed by atoms with van der Waals surface area (Å²) in [5.74, 6) is 3.34. The summed E-state index contributed by atoms with van der Waals surface area (Å²) in [5, 5.41) is 0.514. The van der Waals surface area contributed by atoms with Crippen molar-refractivity contribution < 1.29 is 0 Å². The smallest absolute Gasteiger partial charge is 0.165 e. The first-order valence-corrected chi connectivity index (χ1v) is 16.2. The minimum Gasteiger partial charge on any atom is -0.208 e. The van der Waals surface area contributed by atoms with Crippen molar-refractivity contribution in [1.82, 2.24) is 29.9 Å². The van der Waals surface area contributed by atoms with E-state index >= 15 is 0 Å². The number of rotatable bonds is 7. The molecule has 8 aromatic rings. The first kappa shape index (κ1) is 30.0. The molecular formula is C42H27ClN6. The normalized spacial score (nSPS) is 11.0. The maximum atomic E-state index is 7.33. The Morgan fingerprint density at radius 1 is 0.245 bits per heavy atom. The highest BCUT2D eigenvalue weighted by Crippen LogP contribution is 2.40. The molecule has 0 saturated carbocycles. The zero-order valence-corrected chi connectivity index (χ0v) is 26.9. The topological polar surface area (TPSA) is 77.3 Å². The van der Waals surface area contributed by atoms with E-state index in [1.54, 1.807) is 0 Å². The van der Waals surface area contributed by atoms with Crippen LogP contribution in [-0.4, -0.2) is 29.9 Å². The zero-order valence-electron chi connectivity index (χ0n) is 26.1. The van der Waals surface area contributed by atoms with Crippen molar-refractivity contribution in [1.29, 1.82) is 0 Å². The molecule has 0 aliphatic rings. The van der Waals surface area contributed by atoms with Crippen LogP contribution in [0, 0.1) is 0 Å². The third-order valence-corrected chi connectivity index (χ3v) is 8.50. The average molecular weight is 651 g/mol. The van der Waals surface area contributed by atoms with Gasteiger partial charge in [-0.3, -0.25) is 0 Å². The Kier molecular flexibility index (Phi) is 8.20. The van der Waals surface area contributed by atoms with Crippen LogP contribution in [0.25, 0.3) is 79.5 Å². The molecule has 0 saturated heterocycles. The van der Waals surface area contributed by atoms with Gasteiger partial charge < -0.3 is 0 Å². The minimum atomic E-state index is 0.481. The number of benzene rings is 6. The molecule has 0 atom stereocenters. The van der Waals surface area contributed by atoms with Gasteiger partial charge >= 0.3 is 0 Å². The summed E-state index contributed by atoms with van der Waals surface area (Å²) in [6, 6.07) is 53.6. The quantitative estimate of drug-likeness (QED) is 0.171. The van der Waals surface area contributed by atoms with E-state index in [0.29, 0.717) is 45.5 Å². The number of hydrogen-bond donors (Lipinski definition) is 0. The summed E-state index contributed by atoms with van der Waals surface area (Å²) in [5.41, 5.74) is 6.77. The molecule has 0 unspecified atom stereocenters. The molecule has 0 spiro atoms. The molecule has 0 radical (unpaired) electrons. The van der Waals surface area contributed by atoms with E-state index in [0.717, 1.165) is 38.9 Å². The molecule has 8 rings (SSSR count). The van der Waals surface area contributed by atoms with E-state index < -0.39 is 0 Å². The first-order chi connectivity index (χ1) is 24.2. The van der Waals surface area contributed by atoms with Crippen molar-refractivity contribution in [2.24, 2.45) is 0 Å². The molecule has 0 aliphatic heterocycles. The lowest BCUT2D eigenvalue weighted by Crippen LogP contribution is -2.02. The molecule has 2 aromatic heterocycles. The van der Waals surface area contributed by atoms with Crippen molar-refractivity contribution in [3.8, 4) is 79.5 Å². The molecule has 0 N–H and O–H groups in total. The number of hydrogen-bond acceptors (Lipinski definition) is 6. The van der Waals surface area contributed by atoms with Gasteiger partial charge in [0, 0.05) is 38.9 Å². The Morgan fingerprint density at radius 2 is 0.531 bits per heavy atom. The van der Waals surface area contributed by atoms with Gasteiger partial charge in [0.15, 0.2) is 34.9 Å². The molecule has 232 valence electrons. The van der Waals surface area contributed by atoms with Crippen LogP contribution in [0.5, 0.6) is 0 Å².